The van der Waals surface area contributed by atoms with E-state index in [4.69, 9.17) is 28.5 Å². The summed E-state index contributed by atoms with van der Waals surface area (Å²) in [6.07, 6.45) is -2.93. The first-order chi connectivity index (χ1) is 6.97. The lowest BCUT2D eigenvalue weighted by molar-refractivity contribution is 0.107. The van der Waals surface area contributed by atoms with Gasteiger partial charge in [-0.2, -0.15) is 5.26 Å². The van der Waals surface area contributed by atoms with Crippen molar-refractivity contribution in [1.82, 2.24) is 4.98 Å². The maximum Gasteiger partial charge on any atom is 0.270 e. The molecule has 0 N–H and O–H groups in total. The van der Waals surface area contributed by atoms with Crippen LogP contribution in [0, 0.1) is 11.3 Å². The van der Waals surface area contributed by atoms with Gasteiger partial charge >= 0.3 is 0 Å². The summed E-state index contributed by atoms with van der Waals surface area (Å²) in [5, 5.41) is 7.02. The lowest BCUT2D eigenvalue weighted by Gasteiger charge is -2.05. The lowest BCUT2D eigenvalue weighted by atomic mass is 10.1. The average molecular weight is 251 g/mol. The Morgan fingerprint density at radius 1 is 1.60 bits per heavy atom. The van der Waals surface area contributed by atoms with Crippen LogP contribution in [-0.2, 0) is 0 Å². The third-order valence-corrected chi connectivity index (χ3v) is 2.03. The van der Waals surface area contributed by atoms with E-state index >= 15 is 0 Å². The molecule has 0 saturated heterocycles. The number of nitriles is 1. The highest BCUT2D eigenvalue weighted by Gasteiger charge is 2.21. The summed E-state index contributed by atoms with van der Waals surface area (Å²) < 4.78 is 24.8. The molecule has 1 heterocycles. The van der Waals surface area contributed by atoms with Gasteiger partial charge in [-0.05, 0) is 17.7 Å². The molecule has 1 rings (SSSR count). The number of rotatable bonds is 2. The molecule has 7 heteroatoms. The molecule has 0 aromatic carbocycles. The first-order valence-electron chi connectivity index (χ1n) is 3.56. The standard InChI is InChI=1S/C8H2Cl2F2N2O/c9-6-5(8(11)12)3(2-13)1-4(14-6)7(10)15/h1,8H. The number of aromatic nitrogens is 1. The van der Waals surface area contributed by atoms with Gasteiger partial charge in [0.15, 0.2) is 0 Å². The minimum absolute atomic E-state index is 0.331. The smallest absolute Gasteiger partial charge is 0.270 e. The Balaban J connectivity index is 3.46. The largest absolute Gasteiger partial charge is 0.274 e. The number of carbonyl (C=O) groups is 1. The molecule has 0 fully saturated rings. The molecule has 0 spiro atoms. The highest BCUT2D eigenvalue weighted by Crippen LogP contribution is 2.29. The summed E-state index contributed by atoms with van der Waals surface area (Å²) in [7, 11) is 0. The zero-order valence-electron chi connectivity index (χ0n) is 6.97. The predicted octanol–water partition coefficient (Wildman–Crippen LogP) is 2.92. The number of hydrogen-bond acceptors (Lipinski definition) is 3. The van der Waals surface area contributed by atoms with Crippen LogP contribution in [0.15, 0.2) is 6.07 Å². The Bertz CT molecular complexity index is 457. The number of halogens is 4. The summed E-state index contributed by atoms with van der Waals surface area (Å²) in [6, 6.07) is 2.38. The van der Waals surface area contributed by atoms with E-state index in [2.05, 4.69) is 4.98 Å². The molecular formula is C8H2Cl2F2N2O. The molecule has 78 valence electrons. The molecule has 15 heavy (non-hydrogen) atoms. The normalized spacial score (nSPS) is 10.1. The molecule has 0 unspecified atom stereocenters. The fourth-order valence-corrected chi connectivity index (χ4v) is 1.30. The number of pyridine rings is 1. The zero-order valence-corrected chi connectivity index (χ0v) is 8.48. The van der Waals surface area contributed by atoms with E-state index in [-0.39, 0.29) is 5.69 Å². The highest BCUT2D eigenvalue weighted by atomic mass is 35.5. The summed E-state index contributed by atoms with van der Waals surface area (Å²) in [5.41, 5.74) is -1.43. The summed E-state index contributed by atoms with van der Waals surface area (Å²) in [6.45, 7) is 0. The summed E-state index contributed by atoms with van der Waals surface area (Å²) in [4.78, 5) is 14.0. The van der Waals surface area contributed by atoms with Gasteiger partial charge < -0.3 is 0 Å². The Hall–Kier alpha value is -1.25. The van der Waals surface area contributed by atoms with E-state index in [0.717, 1.165) is 6.07 Å². The third kappa shape index (κ3) is 2.41. The van der Waals surface area contributed by atoms with Gasteiger partial charge in [0.1, 0.15) is 10.8 Å². The maximum absolute atomic E-state index is 12.4. The topological polar surface area (TPSA) is 53.8 Å². The van der Waals surface area contributed by atoms with E-state index in [1.807, 2.05) is 0 Å². The van der Waals surface area contributed by atoms with Crippen LogP contribution >= 0.6 is 23.2 Å². The van der Waals surface area contributed by atoms with Crippen LogP contribution in [-0.4, -0.2) is 10.2 Å². The lowest BCUT2D eigenvalue weighted by Crippen LogP contribution is -2.01. The second-order valence-corrected chi connectivity index (χ2v) is 3.15. The van der Waals surface area contributed by atoms with Crippen molar-refractivity contribution in [2.45, 2.75) is 6.43 Å². The van der Waals surface area contributed by atoms with E-state index in [9.17, 15) is 13.6 Å². The van der Waals surface area contributed by atoms with Crippen LogP contribution in [0.3, 0.4) is 0 Å². The molecule has 3 nitrogen and oxygen atoms in total. The maximum atomic E-state index is 12.4. The van der Waals surface area contributed by atoms with Crippen LogP contribution in [0.1, 0.15) is 28.0 Å². The van der Waals surface area contributed by atoms with E-state index < -0.39 is 27.9 Å². The van der Waals surface area contributed by atoms with Crippen LogP contribution in [0.5, 0.6) is 0 Å². The molecule has 0 aliphatic heterocycles. The van der Waals surface area contributed by atoms with Crippen LogP contribution in [0.2, 0.25) is 5.15 Å². The molecule has 0 bridgehead atoms. The number of carbonyl (C=O) groups excluding carboxylic acids is 1. The van der Waals surface area contributed by atoms with Crippen LogP contribution < -0.4 is 0 Å². The van der Waals surface area contributed by atoms with Crippen molar-refractivity contribution in [3.8, 4) is 6.07 Å². The molecule has 0 amide bonds. The van der Waals surface area contributed by atoms with Crippen molar-refractivity contribution in [3.05, 3.63) is 28.0 Å². The first kappa shape index (κ1) is 11.8. The highest BCUT2D eigenvalue weighted by molar-refractivity contribution is 6.67. The SMILES string of the molecule is N#Cc1cc(C(=O)Cl)nc(Cl)c1C(F)F. The van der Waals surface area contributed by atoms with Crippen molar-refractivity contribution in [1.29, 1.82) is 5.26 Å². The minimum Gasteiger partial charge on any atom is -0.274 e. The van der Waals surface area contributed by atoms with Gasteiger partial charge in [-0.15, -0.1) is 0 Å². The molecule has 0 saturated carbocycles. The van der Waals surface area contributed by atoms with Gasteiger partial charge in [-0.1, -0.05) is 11.6 Å². The molecule has 1 aromatic rings. The number of alkyl halides is 2. The molecule has 0 radical (unpaired) electrons. The fourth-order valence-electron chi connectivity index (χ4n) is 0.925. The monoisotopic (exact) mass is 250 g/mol. The van der Waals surface area contributed by atoms with Gasteiger partial charge in [0, 0.05) is 0 Å². The van der Waals surface area contributed by atoms with E-state index in [1.54, 1.807) is 0 Å². The second-order valence-electron chi connectivity index (χ2n) is 2.45. The van der Waals surface area contributed by atoms with Gasteiger partial charge in [-0.25, -0.2) is 13.8 Å². The van der Waals surface area contributed by atoms with Crippen molar-refractivity contribution >= 4 is 28.4 Å². The van der Waals surface area contributed by atoms with Gasteiger partial charge in [0.2, 0.25) is 0 Å². The van der Waals surface area contributed by atoms with Crippen molar-refractivity contribution in [2.75, 3.05) is 0 Å². The quantitative estimate of drug-likeness (QED) is 0.599. The van der Waals surface area contributed by atoms with Crippen molar-refractivity contribution in [3.63, 3.8) is 0 Å². The van der Waals surface area contributed by atoms with Crippen molar-refractivity contribution < 1.29 is 13.6 Å². The fraction of sp³-hybridized carbons (Fsp3) is 0.125. The van der Waals surface area contributed by atoms with Gasteiger partial charge in [-0.3, -0.25) is 4.79 Å². The van der Waals surface area contributed by atoms with Crippen molar-refractivity contribution in [2.24, 2.45) is 0 Å². The first-order valence-corrected chi connectivity index (χ1v) is 4.31. The number of nitrogens with zero attached hydrogens (tertiary/aromatic N) is 2. The Morgan fingerprint density at radius 2 is 2.20 bits per heavy atom. The second kappa shape index (κ2) is 4.51. The Morgan fingerprint density at radius 3 is 2.60 bits per heavy atom. The third-order valence-electron chi connectivity index (χ3n) is 1.55. The molecular weight excluding hydrogens is 249 g/mol. The molecule has 1 aromatic heterocycles. The summed E-state index contributed by atoms with van der Waals surface area (Å²) in [5.74, 6) is 0. The minimum atomic E-state index is -2.93. The van der Waals surface area contributed by atoms with E-state index in [0.29, 0.717) is 0 Å². The molecule has 0 aliphatic rings. The van der Waals surface area contributed by atoms with Crippen LogP contribution in [0.25, 0.3) is 0 Å². The average Bonchev–Trinajstić information content (AvgIpc) is 2.15. The zero-order chi connectivity index (χ0) is 11.6. The Labute approximate surface area is 93.2 Å². The van der Waals surface area contributed by atoms with Gasteiger partial charge in [0.05, 0.1) is 17.2 Å². The predicted molar refractivity (Wildman–Crippen MR) is 49.1 cm³/mol. The van der Waals surface area contributed by atoms with Crippen LogP contribution in [0.4, 0.5) is 8.78 Å². The Kier molecular flexibility index (Phi) is 3.56. The van der Waals surface area contributed by atoms with Gasteiger partial charge in [0.25, 0.3) is 11.7 Å². The molecule has 0 aliphatic carbocycles. The summed E-state index contributed by atoms with van der Waals surface area (Å²) >= 11 is 10.5. The molecule has 0 atom stereocenters. The van der Waals surface area contributed by atoms with E-state index in [1.165, 1.54) is 6.07 Å². The number of hydrogen-bond donors (Lipinski definition) is 0.